The molecule has 2 rings (SSSR count). The Balaban J connectivity index is 2.31. The van der Waals surface area contributed by atoms with Crippen LogP contribution in [-0.2, 0) is 15.6 Å². The van der Waals surface area contributed by atoms with Gasteiger partial charge in [-0.3, -0.25) is 14.3 Å². The van der Waals surface area contributed by atoms with Crippen molar-refractivity contribution >= 4 is 16.7 Å². The van der Waals surface area contributed by atoms with Crippen molar-refractivity contribution in [3.8, 4) is 0 Å². The van der Waals surface area contributed by atoms with Gasteiger partial charge in [0.15, 0.2) is 0 Å². The predicted octanol–water partition coefficient (Wildman–Crippen LogP) is 1.89. The van der Waals surface area contributed by atoms with E-state index in [0.717, 1.165) is 12.0 Å². The standard InChI is InChI=1S/C16H24N2O2S/c1-5-14-16(19)18(8-9-21(4)20)15(17-14)13-10-11(2)6-7-12(13)3/h6-7,10,14-15,17H,5,8-9H2,1-4H3. The Morgan fingerprint density at radius 1 is 1.33 bits per heavy atom. The number of nitrogens with one attached hydrogen (secondary N) is 1. The molecule has 1 aliphatic rings. The van der Waals surface area contributed by atoms with Gasteiger partial charge in [0.1, 0.15) is 6.17 Å². The summed E-state index contributed by atoms with van der Waals surface area (Å²) < 4.78 is 11.4. The molecule has 1 aromatic carbocycles. The molecule has 4 nitrogen and oxygen atoms in total. The fourth-order valence-electron chi connectivity index (χ4n) is 2.75. The van der Waals surface area contributed by atoms with Crippen LogP contribution >= 0.6 is 0 Å². The van der Waals surface area contributed by atoms with E-state index in [1.54, 1.807) is 6.26 Å². The van der Waals surface area contributed by atoms with E-state index in [4.69, 9.17) is 0 Å². The largest absolute Gasteiger partial charge is 0.321 e. The van der Waals surface area contributed by atoms with E-state index in [9.17, 15) is 9.00 Å². The smallest absolute Gasteiger partial charge is 0.241 e. The van der Waals surface area contributed by atoms with Crippen LogP contribution in [0.4, 0.5) is 0 Å². The molecule has 1 fully saturated rings. The number of amides is 1. The van der Waals surface area contributed by atoms with Gasteiger partial charge in [-0.05, 0) is 31.4 Å². The monoisotopic (exact) mass is 308 g/mol. The van der Waals surface area contributed by atoms with Gasteiger partial charge in [-0.1, -0.05) is 30.7 Å². The first-order chi connectivity index (χ1) is 9.93. The van der Waals surface area contributed by atoms with E-state index in [2.05, 4.69) is 37.4 Å². The van der Waals surface area contributed by atoms with Crippen LogP contribution in [0.25, 0.3) is 0 Å². The van der Waals surface area contributed by atoms with Crippen LogP contribution in [0.1, 0.15) is 36.2 Å². The fourth-order valence-corrected chi connectivity index (χ4v) is 3.20. The lowest BCUT2D eigenvalue weighted by Gasteiger charge is -2.25. The number of rotatable bonds is 5. The van der Waals surface area contributed by atoms with Crippen molar-refractivity contribution in [3.63, 3.8) is 0 Å². The molecule has 1 N–H and O–H groups in total. The maximum atomic E-state index is 12.5. The number of hydrogen-bond donors (Lipinski definition) is 1. The zero-order chi connectivity index (χ0) is 15.6. The molecule has 3 unspecified atom stereocenters. The Morgan fingerprint density at radius 2 is 2.05 bits per heavy atom. The molecular weight excluding hydrogens is 284 g/mol. The summed E-state index contributed by atoms with van der Waals surface area (Å²) in [5.74, 6) is 0.638. The molecule has 0 aliphatic carbocycles. The molecule has 1 aromatic rings. The molecule has 0 spiro atoms. The second-order valence-corrected chi connectivity index (χ2v) is 7.25. The highest BCUT2D eigenvalue weighted by atomic mass is 32.2. The van der Waals surface area contributed by atoms with E-state index in [0.29, 0.717) is 12.3 Å². The zero-order valence-corrected chi connectivity index (χ0v) is 14.0. The third kappa shape index (κ3) is 3.52. The number of aryl methyl sites for hydroxylation is 2. The topological polar surface area (TPSA) is 49.4 Å². The lowest BCUT2D eigenvalue weighted by Crippen LogP contribution is -2.34. The highest BCUT2D eigenvalue weighted by Gasteiger charge is 2.38. The van der Waals surface area contributed by atoms with Crippen molar-refractivity contribution in [3.05, 3.63) is 34.9 Å². The van der Waals surface area contributed by atoms with Crippen molar-refractivity contribution in [2.24, 2.45) is 0 Å². The molecule has 1 aliphatic heterocycles. The van der Waals surface area contributed by atoms with E-state index in [1.807, 2.05) is 11.8 Å². The summed E-state index contributed by atoms with van der Waals surface area (Å²) in [6.45, 7) is 6.67. The quantitative estimate of drug-likeness (QED) is 0.904. The van der Waals surface area contributed by atoms with Gasteiger partial charge < -0.3 is 4.90 Å². The Bertz CT molecular complexity index is 559. The van der Waals surface area contributed by atoms with Crippen LogP contribution in [0, 0.1) is 13.8 Å². The average Bonchev–Trinajstić information content (AvgIpc) is 2.75. The first kappa shape index (κ1) is 16.2. The van der Waals surface area contributed by atoms with Gasteiger partial charge in [-0.15, -0.1) is 0 Å². The third-order valence-electron chi connectivity index (χ3n) is 4.01. The summed E-state index contributed by atoms with van der Waals surface area (Å²) in [4.78, 5) is 14.3. The lowest BCUT2D eigenvalue weighted by atomic mass is 10.0. The Morgan fingerprint density at radius 3 is 2.67 bits per heavy atom. The van der Waals surface area contributed by atoms with Gasteiger partial charge in [0.05, 0.1) is 6.04 Å². The van der Waals surface area contributed by atoms with E-state index < -0.39 is 10.8 Å². The zero-order valence-electron chi connectivity index (χ0n) is 13.2. The van der Waals surface area contributed by atoms with Gasteiger partial charge in [-0.2, -0.15) is 0 Å². The van der Waals surface area contributed by atoms with Crippen LogP contribution in [0.3, 0.4) is 0 Å². The molecule has 5 heteroatoms. The van der Waals surface area contributed by atoms with Gasteiger partial charge in [-0.25, -0.2) is 0 Å². The maximum absolute atomic E-state index is 12.5. The summed E-state index contributed by atoms with van der Waals surface area (Å²) in [7, 11) is -0.892. The summed E-state index contributed by atoms with van der Waals surface area (Å²) in [6.07, 6.45) is 2.34. The highest BCUT2D eigenvalue weighted by molar-refractivity contribution is 7.84. The van der Waals surface area contributed by atoms with Crippen molar-refractivity contribution in [2.45, 2.75) is 39.4 Å². The van der Waals surface area contributed by atoms with Gasteiger partial charge in [0.2, 0.25) is 5.91 Å². The van der Waals surface area contributed by atoms with Crippen LogP contribution in [0.2, 0.25) is 0 Å². The maximum Gasteiger partial charge on any atom is 0.241 e. The Hall–Kier alpha value is -1.20. The molecule has 116 valence electrons. The Labute approximate surface area is 129 Å². The second-order valence-electron chi connectivity index (χ2n) is 5.70. The van der Waals surface area contributed by atoms with E-state index in [1.165, 1.54) is 11.1 Å². The number of hydrogen-bond acceptors (Lipinski definition) is 3. The van der Waals surface area contributed by atoms with Crippen LogP contribution in [0.15, 0.2) is 18.2 Å². The van der Waals surface area contributed by atoms with Crippen molar-refractivity contribution in [1.82, 2.24) is 10.2 Å². The SMILES string of the molecule is CCC1NC(c2cc(C)ccc2C)N(CCS(C)=O)C1=O. The second kappa shape index (κ2) is 6.71. The molecule has 3 atom stereocenters. The van der Waals surface area contributed by atoms with Gasteiger partial charge in [0, 0.05) is 29.4 Å². The van der Waals surface area contributed by atoms with Crippen molar-refractivity contribution in [2.75, 3.05) is 18.6 Å². The number of carbonyl (C=O) groups is 1. The molecule has 21 heavy (non-hydrogen) atoms. The minimum absolute atomic E-state index is 0.106. The summed E-state index contributed by atoms with van der Waals surface area (Å²) in [6, 6.07) is 6.17. The summed E-state index contributed by atoms with van der Waals surface area (Å²) in [5, 5.41) is 3.43. The molecule has 0 aromatic heterocycles. The van der Waals surface area contributed by atoms with E-state index >= 15 is 0 Å². The minimum Gasteiger partial charge on any atom is -0.321 e. The fraction of sp³-hybridized carbons (Fsp3) is 0.562. The molecule has 1 saturated heterocycles. The summed E-state index contributed by atoms with van der Waals surface area (Å²) in [5.41, 5.74) is 3.50. The molecule has 1 heterocycles. The molecule has 1 amide bonds. The summed E-state index contributed by atoms with van der Waals surface area (Å²) >= 11 is 0. The molecule has 0 bridgehead atoms. The van der Waals surface area contributed by atoms with Crippen molar-refractivity contribution < 1.29 is 9.00 Å². The predicted molar refractivity (Wildman–Crippen MR) is 86.5 cm³/mol. The third-order valence-corrected chi connectivity index (χ3v) is 4.77. The minimum atomic E-state index is -0.892. The number of benzene rings is 1. The van der Waals surface area contributed by atoms with E-state index in [-0.39, 0.29) is 18.1 Å². The van der Waals surface area contributed by atoms with Gasteiger partial charge >= 0.3 is 0 Å². The number of carbonyl (C=O) groups excluding carboxylic acids is 1. The van der Waals surface area contributed by atoms with Crippen LogP contribution in [-0.4, -0.2) is 39.6 Å². The normalized spacial score (nSPS) is 23.6. The highest BCUT2D eigenvalue weighted by Crippen LogP contribution is 2.29. The molecule has 0 radical (unpaired) electrons. The van der Waals surface area contributed by atoms with Crippen LogP contribution in [0.5, 0.6) is 0 Å². The van der Waals surface area contributed by atoms with Crippen LogP contribution < -0.4 is 5.32 Å². The first-order valence-corrected chi connectivity index (χ1v) is 9.10. The first-order valence-electron chi connectivity index (χ1n) is 7.37. The molecule has 0 saturated carbocycles. The van der Waals surface area contributed by atoms with Crippen molar-refractivity contribution in [1.29, 1.82) is 0 Å². The average molecular weight is 308 g/mol. The van der Waals surface area contributed by atoms with Gasteiger partial charge in [0.25, 0.3) is 0 Å². The lowest BCUT2D eigenvalue weighted by molar-refractivity contribution is -0.129. The number of nitrogens with zero attached hydrogens (tertiary/aromatic N) is 1. The molecular formula is C16H24N2O2S. The Kier molecular flexibility index (Phi) is 5.17.